The average Bonchev–Trinajstić information content (AvgIpc) is 2.41. The smallest absolute Gasteiger partial charge is 0.224 e. The number of carbonyl (C=O) groups is 1. The number of nitrogens with two attached hydrogens (primary N) is 1. The molecule has 1 amide bonds. The summed E-state index contributed by atoms with van der Waals surface area (Å²) >= 11 is 0. The number of benzene rings is 1. The van der Waals surface area contributed by atoms with Gasteiger partial charge >= 0.3 is 0 Å². The Morgan fingerprint density at radius 1 is 1.37 bits per heavy atom. The summed E-state index contributed by atoms with van der Waals surface area (Å²) in [4.78, 5) is 11.6. The van der Waals surface area contributed by atoms with Crippen LogP contribution in [0.1, 0.15) is 23.6 Å². The fraction of sp³-hybridized carbons (Fsp3) is 0.533. The summed E-state index contributed by atoms with van der Waals surface area (Å²) in [6, 6.07) is 4.15. The van der Waals surface area contributed by atoms with Crippen LogP contribution in [0, 0.1) is 19.8 Å². The van der Waals surface area contributed by atoms with E-state index in [-0.39, 0.29) is 11.8 Å². The van der Waals surface area contributed by atoms with E-state index in [2.05, 4.69) is 25.2 Å². The van der Waals surface area contributed by atoms with Crippen LogP contribution in [0.2, 0.25) is 0 Å². The number of hydrogen-bond donors (Lipinski definition) is 2. The third-order valence-electron chi connectivity index (χ3n) is 3.39. The number of ether oxygens (including phenoxy) is 1. The Hall–Kier alpha value is -1.55. The topological polar surface area (TPSA) is 64.3 Å². The molecule has 0 heterocycles. The lowest BCUT2D eigenvalue weighted by Gasteiger charge is -2.13. The summed E-state index contributed by atoms with van der Waals surface area (Å²) in [7, 11) is 1.67. The molecule has 4 nitrogen and oxygen atoms in total. The van der Waals surface area contributed by atoms with Gasteiger partial charge in [-0.1, -0.05) is 13.0 Å². The van der Waals surface area contributed by atoms with Gasteiger partial charge in [0.25, 0.3) is 0 Å². The van der Waals surface area contributed by atoms with Crippen molar-refractivity contribution < 1.29 is 9.53 Å². The first kappa shape index (κ1) is 15.5. The first-order valence-corrected chi connectivity index (χ1v) is 6.61. The molecule has 1 aromatic rings. The molecule has 0 fully saturated rings. The first-order valence-electron chi connectivity index (χ1n) is 6.61. The summed E-state index contributed by atoms with van der Waals surface area (Å²) in [6.45, 7) is 6.94. The minimum Gasteiger partial charge on any atom is -0.496 e. The standard InChI is InChI=1S/C15H24N2O2/c1-10-7-13(14(19-4)8-11(10)2)5-6-17-15(18)12(3)9-16/h7-8,12H,5-6,9,16H2,1-4H3,(H,17,18). The highest BCUT2D eigenvalue weighted by Gasteiger charge is 2.11. The van der Waals surface area contributed by atoms with Crippen LogP contribution in [-0.4, -0.2) is 26.1 Å². The van der Waals surface area contributed by atoms with Gasteiger partial charge in [-0.3, -0.25) is 4.79 Å². The fourth-order valence-corrected chi connectivity index (χ4v) is 1.84. The van der Waals surface area contributed by atoms with Gasteiger partial charge in [-0.05, 0) is 43.0 Å². The summed E-state index contributed by atoms with van der Waals surface area (Å²) in [6.07, 6.45) is 0.757. The number of aryl methyl sites for hydroxylation is 2. The van der Waals surface area contributed by atoms with Crippen molar-refractivity contribution in [2.45, 2.75) is 27.2 Å². The second-order valence-electron chi connectivity index (χ2n) is 4.93. The van der Waals surface area contributed by atoms with Crippen molar-refractivity contribution in [3.05, 3.63) is 28.8 Å². The predicted octanol–water partition coefficient (Wildman–Crippen LogP) is 1.57. The van der Waals surface area contributed by atoms with Gasteiger partial charge in [-0.15, -0.1) is 0 Å². The number of nitrogens with one attached hydrogen (secondary N) is 1. The van der Waals surface area contributed by atoms with E-state index < -0.39 is 0 Å². The lowest BCUT2D eigenvalue weighted by molar-refractivity contribution is -0.124. The molecule has 106 valence electrons. The molecule has 1 atom stereocenters. The molecule has 0 spiro atoms. The van der Waals surface area contributed by atoms with Crippen LogP contribution < -0.4 is 15.8 Å². The molecule has 0 aliphatic rings. The quantitative estimate of drug-likeness (QED) is 0.819. The van der Waals surface area contributed by atoms with Crippen molar-refractivity contribution in [1.29, 1.82) is 0 Å². The van der Waals surface area contributed by atoms with E-state index in [1.54, 1.807) is 7.11 Å². The molecule has 1 aromatic carbocycles. The van der Waals surface area contributed by atoms with E-state index in [1.807, 2.05) is 13.0 Å². The van der Waals surface area contributed by atoms with Crippen molar-refractivity contribution in [2.75, 3.05) is 20.2 Å². The number of amides is 1. The van der Waals surface area contributed by atoms with E-state index in [4.69, 9.17) is 10.5 Å². The van der Waals surface area contributed by atoms with E-state index in [1.165, 1.54) is 11.1 Å². The van der Waals surface area contributed by atoms with Gasteiger partial charge in [0.2, 0.25) is 5.91 Å². The highest BCUT2D eigenvalue weighted by molar-refractivity contribution is 5.78. The summed E-state index contributed by atoms with van der Waals surface area (Å²) in [5.41, 5.74) is 9.02. The molecular weight excluding hydrogens is 240 g/mol. The monoisotopic (exact) mass is 264 g/mol. The van der Waals surface area contributed by atoms with E-state index in [0.717, 1.165) is 17.7 Å². The van der Waals surface area contributed by atoms with Crippen molar-refractivity contribution in [1.82, 2.24) is 5.32 Å². The molecule has 0 radical (unpaired) electrons. The van der Waals surface area contributed by atoms with Crippen LogP contribution in [0.5, 0.6) is 5.75 Å². The van der Waals surface area contributed by atoms with Crippen LogP contribution in [0.15, 0.2) is 12.1 Å². The first-order chi connectivity index (χ1) is 8.99. The third-order valence-corrected chi connectivity index (χ3v) is 3.39. The molecule has 0 aromatic heterocycles. The lowest BCUT2D eigenvalue weighted by Crippen LogP contribution is -2.34. The molecule has 0 aliphatic carbocycles. The Labute approximate surface area is 115 Å². The highest BCUT2D eigenvalue weighted by Crippen LogP contribution is 2.23. The van der Waals surface area contributed by atoms with Gasteiger partial charge in [0.1, 0.15) is 5.75 Å². The minimum atomic E-state index is -0.137. The third kappa shape index (κ3) is 4.24. The van der Waals surface area contributed by atoms with Crippen molar-refractivity contribution in [2.24, 2.45) is 11.7 Å². The van der Waals surface area contributed by atoms with Crippen LogP contribution in [0.3, 0.4) is 0 Å². The van der Waals surface area contributed by atoms with E-state index in [9.17, 15) is 4.79 Å². The molecule has 0 saturated carbocycles. The van der Waals surface area contributed by atoms with Gasteiger partial charge in [-0.25, -0.2) is 0 Å². The molecule has 3 N–H and O–H groups in total. The molecule has 0 bridgehead atoms. The zero-order valence-corrected chi connectivity index (χ0v) is 12.2. The minimum absolute atomic E-state index is 0.00491. The van der Waals surface area contributed by atoms with Gasteiger partial charge in [0.05, 0.1) is 7.11 Å². The van der Waals surface area contributed by atoms with Crippen molar-refractivity contribution in [3.8, 4) is 5.75 Å². The molecule has 0 saturated heterocycles. The maximum atomic E-state index is 11.6. The molecular formula is C15H24N2O2. The molecule has 0 aliphatic heterocycles. The Bertz CT molecular complexity index is 444. The number of hydrogen-bond acceptors (Lipinski definition) is 3. The second-order valence-corrected chi connectivity index (χ2v) is 4.93. The highest BCUT2D eigenvalue weighted by atomic mass is 16.5. The number of rotatable bonds is 6. The van der Waals surface area contributed by atoms with Crippen LogP contribution in [-0.2, 0) is 11.2 Å². The molecule has 1 unspecified atom stereocenters. The number of carbonyl (C=O) groups excluding carboxylic acids is 1. The van der Waals surface area contributed by atoms with Gasteiger partial charge in [-0.2, -0.15) is 0 Å². The Morgan fingerprint density at radius 2 is 2.00 bits per heavy atom. The van der Waals surface area contributed by atoms with Crippen molar-refractivity contribution >= 4 is 5.91 Å². The van der Waals surface area contributed by atoms with Crippen LogP contribution in [0.25, 0.3) is 0 Å². The normalized spacial score (nSPS) is 12.1. The summed E-state index contributed by atoms with van der Waals surface area (Å²) in [5.74, 6) is 0.746. The Kier molecular flexibility index (Phi) is 5.83. The predicted molar refractivity (Wildman–Crippen MR) is 77.4 cm³/mol. The SMILES string of the molecule is COc1cc(C)c(C)cc1CCNC(=O)C(C)CN. The molecule has 4 heteroatoms. The largest absolute Gasteiger partial charge is 0.496 e. The lowest BCUT2D eigenvalue weighted by atomic mass is 10.0. The van der Waals surface area contributed by atoms with Crippen LogP contribution >= 0.6 is 0 Å². The fourth-order valence-electron chi connectivity index (χ4n) is 1.84. The summed E-state index contributed by atoms with van der Waals surface area (Å²) in [5, 5.41) is 2.89. The van der Waals surface area contributed by atoms with Crippen molar-refractivity contribution in [3.63, 3.8) is 0 Å². The molecule has 19 heavy (non-hydrogen) atoms. The Balaban J connectivity index is 2.63. The average molecular weight is 264 g/mol. The van der Waals surface area contributed by atoms with Gasteiger partial charge in [0, 0.05) is 19.0 Å². The van der Waals surface area contributed by atoms with Crippen LogP contribution in [0.4, 0.5) is 0 Å². The summed E-state index contributed by atoms with van der Waals surface area (Å²) < 4.78 is 5.37. The van der Waals surface area contributed by atoms with E-state index >= 15 is 0 Å². The van der Waals surface area contributed by atoms with E-state index in [0.29, 0.717) is 13.1 Å². The maximum absolute atomic E-state index is 11.6. The van der Waals surface area contributed by atoms with Gasteiger partial charge in [0.15, 0.2) is 0 Å². The zero-order valence-electron chi connectivity index (χ0n) is 12.2. The maximum Gasteiger partial charge on any atom is 0.224 e. The number of methoxy groups -OCH3 is 1. The van der Waals surface area contributed by atoms with Gasteiger partial charge < -0.3 is 15.8 Å². The Morgan fingerprint density at radius 3 is 2.58 bits per heavy atom. The zero-order chi connectivity index (χ0) is 14.4. The molecule has 1 rings (SSSR count). The second kappa shape index (κ2) is 7.14.